The summed E-state index contributed by atoms with van der Waals surface area (Å²) in [5.74, 6) is -0.551. The predicted molar refractivity (Wildman–Crippen MR) is 90.0 cm³/mol. The average Bonchev–Trinajstić information content (AvgIpc) is 3.21. The summed E-state index contributed by atoms with van der Waals surface area (Å²) < 4.78 is 4.71. The van der Waals surface area contributed by atoms with E-state index in [9.17, 15) is 10.0 Å². The third-order valence-corrected chi connectivity index (χ3v) is 5.14. The van der Waals surface area contributed by atoms with Crippen molar-refractivity contribution in [3.63, 3.8) is 0 Å². The number of pyridine rings is 1. The zero-order valence-corrected chi connectivity index (χ0v) is 14.4. The zero-order valence-electron chi connectivity index (χ0n) is 13.6. The van der Waals surface area contributed by atoms with Crippen molar-refractivity contribution in [2.24, 2.45) is 0 Å². The molecule has 1 fully saturated rings. The Bertz CT molecular complexity index is 710. The van der Waals surface area contributed by atoms with E-state index in [1.807, 2.05) is 18.7 Å². The van der Waals surface area contributed by atoms with Gasteiger partial charge >= 0.3 is 11.1 Å². The highest BCUT2D eigenvalue weighted by Crippen LogP contribution is 2.34. The Morgan fingerprint density at radius 1 is 1.50 bits per heavy atom. The lowest BCUT2D eigenvalue weighted by molar-refractivity contribution is 0.00548. The van der Waals surface area contributed by atoms with Crippen LogP contribution >= 0.6 is 11.3 Å². The van der Waals surface area contributed by atoms with E-state index < -0.39 is 16.8 Å². The number of carbonyl (C=O) groups excluding carboxylic acids is 1. The largest absolute Gasteiger partial charge is 0.622 e. The fourth-order valence-corrected chi connectivity index (χ4v) is 3.40. The standard InChI is InChI=1S/C15H19N5O3S/c1-3-12-17-18-15(24-12)20(22)10-19(4-2)9-13(20)23-14(21)11-6-5-7-16-8-11/h5-8,13H,3-4,9-10H2,1-2H3. The number of likely N-dealkylation sites (N-methyl/N-ethyl adjacent to an activating group) is 1. The van der Waals surface area contributed by atoms with E-state index in [0.717, 1.165) is 11.4 Å². The highest BCUT2D eigenvalue weighted by Gasteiger charge is 2.46. The third-order valence-electron chi connectivity index (χ3n) is 3.96. The smallest absolute Gasteiger partial charge is 0.344 e. The molecule has 1 aliphatic heterocycles. The summed E-state index contributed by atoms with van der Waals surface area (Å²) in [7, 11) is 0. The molecule has 128 valence electrons. The molecule has 24 heavy (non-hydrogen) atoms. The lowest BCUT2D eigenvalue weighted by atomic mass is 10.3. The molecule has 3 rings (SSSR count). The molecule has 1 saturated heterocycles. The highest BCUT2D eigenvalue weighted by atomic mass is 32.1. The van der Waals surface area contributed by atoms with Gasteiger partial charge in [0.1, 0.15) is 11.7 Å². The van der Waals surface area contributed by atoms with Gasteiger partial charge < -0.3 is 9.94 Å². The molecular formula is C15H19N5O3S. The molecule has 0 bridgehead atoms. The Hall–Kier alpha value is -1.94. The maximum Gasteiger partial charge on any atom is 0.344 e. The van der Waals surface area contributed by atoms with Crippen LogP contribution < -0.4 is 4.65 Å². The van der Waals surface area contributed by atoms with Gasteiger partial charge in [0, 0.05) is 18.9 Å². The van der Waals surface area contributed by atoms with Crippen LogP contribution in [0.2, 0.25) is 0 Å². The molecule has 0 aromatic carbocycles. The molecule has 2 unspecified atom stereocenters. The Labute approximate surface area is 143 Å². The lowest BCUT2D eigenvalue weighted by Crippen LogP contribution is -2.50. The molecule has 1 aliphatic rings. The topological polar surface area (TPSA) is 91.3 Å². The SMILES string of the molecule is CCc1nnc([N+]2([O-])CN(CC)CC2OC(=O)c2cccnc2)s1. The third kappa shape index (κ3) is 3.16. The number of hydroxylamine groups is 2. The molecule has 0 saturated carbocycles. The Balaban J connectivity index is 1.84. The van der Waals surface area contributed by atoms with Gasteiger partial charge in [0.15, 0.2) is 0 Å². The van der Waals surface area contributed by atoms with E-state index in [4.69, 9.17) is 4.74 Å². The lowest BCUT2D eigenvalue weighted by Gasteiger charge is -2.38. The number of aromatic nitrogens is 3. The van der Waals surface area contributed by atoms with Crippen LogP contribution in [0.3, 0.4) is 0 Å². The van der Waals surface area contributed by atoms with Crippen LogP contribution in [0, 0.1) is 5.21 Å². The van der Waals surface area contributed by atoms with Crippen LogP contribution in [0.5, 0.6) is 0 Å². The van der Waals surface area contributed by atoms with Crippen molar-refractivity contribution >= 4 is 22.4 Å². The number of hydrogen-bond donors (Lipinski definition) is 0. The van der Waals surface area contributed by atoms with Crippen molar-refractivity contribution in [1.29, 1.82) is 0 Å². The molecule has 2 aromatic heterocycles. The van der Waals surface area contributed by atoms with Gasteiger partial charge in [-0.05, 0) is 29.9 Å². The van der Waals surface area contributed by atoms with Gasteiger partial charge in [-0.25, -0.2) is 9.69 Å². The van der Waals surface area contributed by atoms with Crippen LogP contribution in [0.4, 0.5) is 5.13 Å². The predicted octanol–water partition coefficient (Wildman–Crippen LogP) is 1.78. The Morgan fingerprint density at radius 3 is 2.96 bits per heavy atom. The van der Waals surface area contributed by atoms with Crippen molar-refractivity contribution in [3.05, 3.63) is 40.3 Å². The molecular weight excluding hydrogens is 330 g/mol. The first-order chi connectivity index (χ1) is 11.6. The summed E-state index contributed by atoms with van der Waals surface area (Å²) in [6.07, 6.45) is 2.85. The molecule has 2 aromatic rings. The highest BCUT2D eigenvalue weighted by molar-refractivity contribution is 7.15. The van der Waals surface area contributed by atoms with E-state index in [-0.39, 0.29) is 6.67 Å². The molecule has 9 heteroatoms. The first kappa shape index (κ1) is 16.9. The maximum absolute atomic E-state index is 13.4. The second-order valence-electron chi connectivity index (χ2n) is 5.54. The monoisotopic (exact) mass is 349 g/mol. The fourth-order valence-electron chi connectivity index (χ4n) is 2.55. The van der Waals surface area contributed by atoms with E-state index in [1.54, 1.807) is 18.3 Å². The minimum atomic E-state index is -0.865. The van der Waals surface area contributed by atoms with E-state index >= 15 is 0 Å². The molecule has 0 radical (unpaired) electrons. The normalized spacial score (nSPS) is 24.2. The van der Waals surface area contributed by atoms with Crippen LogP contribution in [0.15, 0.2) is 24.5 Å². The molecule has 3 heterocycles. The van der Waals surface area contributed by atoms with Crippen molar-refractivity contribution in [2.75, 3.05) is 19.8 Å². The maximum atomic E-state index is 13.4. The first-order valence-corrected chi connectivity index (χ1v) is 8.63. The van der Waals surface area contributed by atoms with E-state index in [0.29, 0.717) is 23.8 Å². The van der Waals surface area contributed by atoms with Crippen molar-refractivity contribution in [1.82, 2.24) is 24.7 Å². The van der Waals surface area contributed by atoms with Gasteiger partial charge in [0.25, 0.3) is 6.23 Å². The number of quaternary nitrogens is 1. The fraction of sp³-hybridized carbons (Fsp3) is 0.467. The number of hydrogen-bond acceptors (Lipinski definition) is 8. The Kier molecular flexibility index (Phi) is 4.86. The Morgan fingerprint density at radius 2 is 2.33 bits per heavy atom. The minimum Gasteiger partial charge on any atom is -0.622 e. The van der Waals surface area contributed by atoms with Crippen LogP contribution in [-0.4, -0.2) is 52.0 Å². The zero-order chi connectivity index (χ0) is 17.2. The molecule has 0 N–H and O–H groups in total. The minimum absolute atomic E-state index is 0.194. The van der Waals surface area contributed by atoms with Crippen molar-refractivity contribution < 1.29 is 9.53 Å². The summed E-state index contributed by atoms with van der Waals surface area (Å²) >= 11 is 1.28. The molecule has 0 spiro atoms. The molecule has 8 nitrogen and oxygen atoms in total. The number of aryl methyl sites for hydroxylation is 1. The number of ether oxygens (including phenoxy) is 1. The van der Waals surface area contributed by atoms with Crippen molar-refractivity contribution in [2.45, 2.75) is 26.5 Å². The van der Waals surface area contributed by atoms with Crippen LogP contribution in [0.1, 0.15) is 29.2 Å². The van der Waals surface area contributed by atoms with Gasteiger partial charge in [-0.2, -0.15) is 0 Å². The summed E-state index contributed by atoms with van der Waals surface area (Å²) in [5.41, 5.74) is 0.325. The van der Waals surface area contributed by atoms with E-state index in [2.05, 4.69) is 15.2 Å². The van der Waals surface area contributed by atoms with Gasteiger partial charge in [0.2, 0.25) is 0 Å². The molecule has 0 aliphatic carbocycles. The second-order valence-corrected chi connectivity index (χ2v) is 6.58. The van der Waals surface area contributed by atoms with Gasteiger partial charge in [-0.3, -0.25) is 9.63 Å². The quantitative estimate of drug-likeness (QED) is 0.461. The summed E-state index contributed by atoms with van der Waals surface area (Å²) in [5, 5.41) is 22.6. The average molecular weight is 349 g/mol. The second kappa shape index (κ2) is 6.89. The molecule has 2 atom stereocenters. The van der Waals surface area contributed by atoms with Crippen LogP contribution in [0.25, 0.3) is 0 Å². The number of rotatable bonds is 5. The summed E-state index contributed by atoms with van der Waals surface area (Å²) in [6.45, 7) is 5.18. The number of nitrogens with zero attached hydrogens (tertiary/aromatic N) is 5. The summed E-state index contributed by atoms with van der Waals surface area (Å²) in [6, 6.07) is 3.27. The van der Waals surface area contributed by atoms with Crippen molar-refractivity contribution in [3.8, 4) is 0 Å². The molecule has 0 amide bonds. The van der Waals surface area contributed by atoms with Gasteiger partial charge in [-0.1, -0.05) is 18.9 Å². The van der Waals surface area contributed by atoms with Crippen LogP contribution in [-0.2, 0) is 11.2 Å². The first-order valence-electron chi connectivity index (χ1n) is 7.82. The van der Waals surface area contributed by atoms with Gasteiger partial charge in [-0.15, -0.1) is 5.10 Å². The number of carbonyl (C=O) groups is 1. The number of esters is 1. The summed E-state index contributed by atoms with van der Waals surface area (Å²) in [4.78, 5) is 18.2. The van der Waals surface area contributed by atoms with Gasteiger partial charge in [0.05, 0.1) is 12.1 Å². The van der Waals surface area contributed by atoms with E-state index in [1.165, 1.54) is 17.5 Å².